The van der Waals surface area contributed by atoms with Crippen molar-refractivity contribution < 1.29 is 14.3 Å². The maximum Gasteiger partial charge on any atom is 0.173 e. The number of hydrogen-bond donors (Lipinski definition) is 1. The van der Waals surface area contributed by atoms with Gasteiger partial charge in [0.15, 0.2) is 22.4 Å². The van der Waals surface area contributed by atoms with Gasteiger partial charge >= 0.3 is 0 Å². The number of Topliss-reactive ketones (excluding diaryl/α,β-unsaturated/α-hetero) is 1. The third-order valence-corrected chi connectivity index (χ3v) is 5.57. The number of carbonyl (C=O) groups excluding carboxylic acids is 1. The first-order valence-corrected chi connectivity index (χ1v) is 10.7. The van der Waals surface area contributed by atoms with E-state index in [-0.39, 0.29) is 11.8 Å². The van der Waals surface area contributed by atoms with Crippen LogP contribution in [-0.4, -0.2) is 35.6 Å². The van der Waals surface area contributed by atoms with Crippen LogP contribution in [0, 0.1) is 0 Å². The highest BCUT2D eigenvalue weighted by atomic mass is 32.1. The van der Waals surface area contributed by atoms with Crippen molar-refractivity contribution in [2.45, 2.75) is 58.9 Å². The Hall–Kier alpha value is -2.08. The second kappa shape index (κ2) is 9.41. The summed E-state index contributed by atoms with van der Waals surface area (Å²) in [5.74, 6) is 1.67. The summed E-state index contributed by atoms with van der Waals surface area (Å²) in [5, 5.41) is 4.07. The van der Waals surface area contributed by atoms with Crippen LogP contribution < -0.4 is 14.8 Å². The van der Waals surface area contributed by atoms with E-state index in [2.05, 4.69) is 24.1 Å². The average molecular weight is 403 g/mol. The van der Waals surface area contributed by atoms with E-state index in [0.29, 0.717) is 30.5 Å². The van der Waals surface area contributed by atoms with E-state index in [9.17, 15) is 4.79 Å². The van der Waals surface area contributed by atoms with E-state index >= 15 is 0 Å². The summed E-state index contributed by atoms with van der Waals surface area (Å²) in [4.78, 5) is 14.9. The fraction of sp³-hybridized carbons (Fsp3) is 0.545. The van der Waals surface area contributed by atoms with Crippen molar-refractivity contribution in [3.8, 4) is 11.5 Å². The predicted octanol–water partition coefficient (Wildman–Crippen LogP) is 4.52. The molecular weight excluding hydrogens is 372 g/mol. The number of ketones is 1. The van der Waals surface area contributed by atoms with Crippen LogP contribution in [0.25, 0.3) is 0 Å². The third-order valence-electron chi connectivity index (χ3n) is 5.23. The third kappa shape index (κ3) is 4.17. The van der Waals surface area contributed by atoms with Gasteiger partial charge in [0, 0.05) is 24.2 Å². The minimum Gasteiger partial charge on any atom is -0.490 e. The molecule has 1 atom stereocenters. The van der Waals surface area contributed by atoms with Crippen LogP contribution in [0.15, 0.2) is 29.5 Å². The van der Waals surface area contributed by atoms with Crippen LogP contribution in [0.3, 0.4) is 0 Å². The number of allylic oxidation sites excluding steroid dienone is 1. The minimum absolute atomic E-state index is 0.209. The van der Waals surface area contributed by atoms with Crippen LogP contribution >= 0.6 is 12.2 Å². The van der Waals surface area contributed by atoms with Crippen LogP contribution in [0.5, 0.6) is 11.5 Å². The van der Waals surface area contributed by atoms with Crippen LogP contribution in [0.2, 0.25) is 0 Å². The zero-order valence-electron chi connectivity index (χ0n) is 17.0. The Balaban J connectivity index is 1.98. The lowest BCUT2D eigenvalue weighted by Gasteiger charge is -2.40. The van der Waals surface area contributed by atoms with Crippen LogP contribution in [0.4, 0.5) is 0 Å². The van der Waals surface area contributed by atoms with Gasteiger partial charge in [-0.25, -0.2) is 0 Å². The molecule has 1 aromatic rings. The van der Waals surface area contributed by atoms with Crippen molar-refractivity contribution in [1.82, 2.24) is 10.2 Å². The second-order valence-electron chi connectivity index (χ2n) is 7.11. The van der Waals surface area contributed by atoms with E-state index in [1.807, 2.05) is 25.1 Å². The lowest BCUT2D eigenvalue weighted by atomic mass is 9.84. The first-order chi connectivity index (χ1) is 13.6. The molecule has 0 saturated carbocycles. The fourth-order valence-electron chi connectivity index (χ4n) is 3.85. The Bertz CT molecular complexity index is 775. The molecule has 2 aliphatic rings. The zero-order valence-corrected chi connectivity index (χ0v) is 17.9. The number of unbranched alkanes of at least 4 members (excludes halogenated alkanes) is 1. The number of thiocarbonyl (C=S) groups is 1. The lowest BCUT2D eigenvalue weighted by molar-refractivity contribution is -0.116. The molecule has 0 spiro atoms. The smallest absolute Gasteiger partial charge is 0.173 e. The number of carbonyl (C=O) groups is 1. The van der Waals surface area contributed by atoms with Crippen LogP contribution in [-0.2, 0) is 4.79 Å². The largest absolute Gasteiger partial charge is 0.490 e. The van der Waals surface area contributed by atoms with Gasteiger partial charge in [-0.15, -0.1) is 0 Å². The van der Waals surface area contributed by atoms with Crippen LogP contribution in [0.1, 0.15) is 64.5 Å². The molecule has 0 bridgehead atoms. The maximum atomic E-state index is 12.8. The highest BCUT2D eigenvalue weighted by Gasteiger charge is 2.36. The van der Waals surface area contributed by atoms with Gasteiger partial charge < -0.3 is 19.7 Å². The van der Waals surface area contributed by atoms with E-state index in [1.54, 1.807) is 0 Å². The van der Waals surface area contributed by atoms with Gasteiger partial charge in [-0.05, 0) is 63.0 Å². The number of nitrogens with zero attached hydrogens (tertiary/aromatic N) is 1. The SMILES string of the molecule is CCCCOc1ccc(C2NC(=S)N(CC)C3=C2C(=O)CCC3)cc1OCC. The number of nitrogens with one attached hydrogen (secondary N) is 1. The Labute approximate surface area is 173 Å². The monoisotopic (exact) mass is 402 g/mol. The van der Waals surface area contributed by atoms with Gasteiger partial charge in [-0.3, -0.25) is 4.79 Å². The van der Waals surface area contributed by atoms with Crippen molar-refractivity contribution in [2.24, 2.45) is 0 Å². The molecule has 1 heterocycles. The topological polar surface area (TPSA) is 50.8 Å². The summed E-state index contributed by atoms with van der Waals surface area (Å²) >= 11 is 5.60. The van der Waals surface area contributed by atoms with Crippen molar-refractivity contribution >= 4 is 23.1 Å². The molecule has 0 saturated heterocycles. The standard InChI is InChI=1S/C22H30N2O3S/c1-4-7-13-27-18-12-11-15(14-19(18)26-6-3)21-20-16(9-8-10-17(20)25)24(5-2)22(28)23-21/h11-12,14,21H,4-10,13H2,1-3H3,(H,23,28). The molecular formula is C22H30N2O3S. The van der Waals surface area contributed by atoms with Crippen molar-refractivity contribution in [1.29, 1.82) is 0 Å². The molecule has 152 valence electrons. The Kier molecular flexibility index (Phi) is 6.94. The van der Waals surface area contributed by atoms with E-state index in [1.165, 1.54) is 0 Å². The molecule has 1 unspecified atom stereocenters. The molecule has 1 aromatic carbocycles. The summed E-state index contributed by atoms with van der Waals surface area (Å²) in [7, 11) is 0. The number of rotatable bonds is 8. The highest BCUT2D eigenvalue weighted by Crippen LogP contribution is 2.39. The van der Waals surface area contributed by atoms with Gasteiger partial charge in [0.25, 0.3) is 0 Å². The normalized spacial score (nSPS) is 19.4. The molecule has 0 aromatic heterocycles. The summed E-state index contributed by atoms with van der Waals surface area (Å²) in [6, 6.07) is 5.71. The molecule has 1 aliphatic heterocycles. The van der Waals surface area contributed by atoms with Gasteiger partial charge in [0.2, 0.25) is 0 Å². The van der Waals surface area contributed by atoms with Gasteiger partial charge in [-0.2, -0.15) is 0 Å². The summed E-state index contributed by atoms with van der Waals surface area (Å²) in [5.41, 5.74) is 2.91. The summed E-state index contributed by atoms with van der Waals surface area (Å²) < 4.78 is 11.7. The summed E-state index contributed by atoms with van der Waals surface area (Å²) in [6.45, 7) is 8.15. The molecule has 0 radical (unpaired) electrons. The highest BCUT2D eigenvalue weighted by molar-refractivity contribution is 7.80. The molecule has 0 amide bonds. The number of ether oxygens (including phenoxy) is 2. The van der Waals surface area contributed by atoms with Crippen molar-refractivity contribution in [3.05, 3.63) is 35.0 Å². The molecule has 0 fully saturated rings. The Morgan fingerprint density at radius 3 is 2.71 bits per heavy atom. The lowest BCUT2D eigenvalue weighted by Crippen LogP contribution is -2.49. The van der Waals surface area contributed by atoms with Gasteiger partial charge in [0.05, 0.1) is 19.3 Å². The van der Waals surface area contributed by atoms with Gasteiger partial charge in [-0.1, -0.05) is 19.4 Å². The molecule has 6 heteroatoms. The van der Waals surface area contributed by atoms with E-state index in [4.69, 9.17) is 21.7 Å². The predicted molar refractivity (Wildman–Crippen MR) is 115 cm³/mol. The van der Waals surface area contributed by atoms with Crippen molar-refractivity contribution in [3.63, 3.8) is 0 Å². The maximum absolute atomic E-state index is 12.8. The second-order valence-corrected chi connectivity index (χ2v) is 7.49. The molecule has 1 N–H and O–H groups in total. The Morgan fingerprint density at radius 1 is 1.18 bits per heavy atom. The van der Waals surface area contributed by atoms with E-state index < -0.39 is 0 Å². The van der Waals surface area contributed by atoms with Crippen molar-refractivity contribution in [2.75, 3.05) is 19.8 Å². The first-order valence-electron chi connectivity index (χ1n) is 10.3. The average Bonchev–Trinajstić information content (AvgIpc) is 2.69. The quantitative estimate of drug-likeness (QED) is 0.510. The molecule has 1 aliphatic carbocycles. The van der Waals surface area contributed by atoms with Gasteiger partial charge in [0.1, 0.15) is 0 Å². The number of hydrogen-bond acceptors (Lipinski definition) is 4. The fourth-order valence-corrected chi connectivity index (χ4v) is 4.21. The minimum atomic E-state index is -0.234. The van der Waals surface area contributed by atoms with E-state index in [0.717, 1.165) is 54.8 Å². The summed E-state index contributed by atoms with van der Waals surface area (Å²) in [6.07, 6.45) is 4.46. The molecule has 3 rings (SSSR count). The molecule has 5 nitrogen and oxygen atoms in total. The Morgan fingerprint density at radius 2 is 2.00 bits per heavy atom. The number of benzene rings is 1. The zero-order chi connectivity index (χ0) is 20.1. The molecule has 28 heavy (non-hydrogen) atoms. The first kappa shape index (κ1) is 20.6.